The van der Waals surface area contributed by atoms with Gasteiger partial charge in [-0.3, -0.25) is 0 Å². The molecule has 0 aromatic carbocycles. The molecule has 0 aliphatic heterocycles. The summed E-state index contributed by atoms with van der Waals surface area (Å²) in [5, 5.41) is 0. The second kappa shape index (κ2) is 6.23. The zero-order valence-corrected chi connectivity index (χ0v) is 7.42. The van der Waals surface area contributed by atoms with E-state index >= 15 is 0 Å². The Morgan fingerprint density at radius 2 is 2.00 bits per heavy atom. The van der Waals surface area contributed by atoms with Crippen LogP contribution in [0.4, 0.5) is 0 Å². The topological polar surface area (TPSA) is 9.23 Å². The Kier molecular flexibility index (Phi) is 5.45. The fraction of sp³-hybridized carbons (Fsp3) is 0.0909. The van der Waals surface area contributed by atoms with E-state index in [0.717, 1.165) is 0 Å². The van der Waals surface area contributed by atoms with Crippen LogP contribution in [0.15, 0.2) is 61.6 Å². The minimum Gasteiger partial charge on any atom is -0.458 e. The zero-order valence-electron chi connectivity index (χ0n) is 7.42. The first-order chi connectivity index (χ1) is 5.74. The van der Waals surface area contributed by atoms with E-state index < -0.39 is 0 Å². The molecule has 0 atom stereocenters. The maximum atomic E-state index is 5.27. The molecule has 0 spiro atoms. The first kappa shape index (κ1) is 10.5. The van der Waals surface area contributed by atoms with Crippen LogP contribution >= 0.6 is 0 Å². The molecule has 1 nitrogen and oxygen atoms in total. The first-order valence-electron chi connectivity index (χ1n) is 3.69. The van der Waals surface area contributed by atoms with Crippen molar-refractivity contribution in [2.75, 3.05) is 0 Å². The number of allylic oxidation sites excluding steroid dienone is 5. The average Bonchev–Trinajstić information content (AvgIpc) is 2.04. The molecule has 0 aromatic rings. The third kappa shape index (κ3) is 4.34. The van der Waals surface area contributed by atoms with Gasteiger partial charge in [-0.1, -0.05) is 31.9 Å². The van der Waals surface area contributed by atoms with Crippen molar-refractivity contribution in [3.63, 3.8) is 0 Å². The molecule has 0 radical (unpaired) electrons. The summed E-state index contributed by atoms with van der Waals surface area (Å²) in [6, 6.07) is 0. The van der Waals surface area contributed by atoms with Crippen LogP contribution in [0.25, 0.3) is 0 Å². The highest BCUT2D eigenvalue weighted by Crippen LogP contribution is 2.06. The fourth-order valence-electron chi connectivity index (χ4n) is 0.631. The number of hydrogen-bond donors (Lipinski definition) is 0. The lowest BCUT2D eigenvalue weighted by atomic mass is 10.4. The van der Waals surface area contributed by atoms with Crippen molar-refractivity contribution in [2.24, 2.45) is 0 Å². The number of hydrogen-bond acceptors (Lipinski definition) is 1. The van der Waals surface area contributed by atoms with E-state index in [1.54, 1.807) is 24.3 Å². The minimum atomic E-state index is 0.588. The van der Waals surface area contributed by atoms with Gasteiger partial charge in [0.15, 0.2) is 0 Å². The Morgan fingerprint density at radius 1 is 1.33 bits per heavy atom. The van der Waals surface area contributed by atoms with Crippen molar-refractivity contribution in [1.29, 1.82) is 0 Å². The van der Waals surface area contributed by atoms with Crippen LogP contribution in [-0.2, 0) is 4.74 Å². The zero-order chi connectivity index (χ0) is 9.40. The molecule has 0 N–H and O–H groups in total. The molecule has 0 fully saturated rings. The Hall–Kier alpha value is -1.50. The Bertz CT molecular complexity index is 231. The summed E-state index contributed by atoms with van der Waals surface area (Å²) in [4.78, 5) is 0. The summed E-state index contributed by atoms with van der Waals surface area (Å²) in [5.74, 6) is 1.23. The van der Waals surface area contributed by atoms with Crippen LogP contribution in [0.1, 0.15) is 6.92 Å². The van der Waals surface area contributed by atoms with Crippen LogP contribution in [0, 0.1) is 0 Å². The van der Waals surface area contributed by atoms with Crippen molar-refractivity contribution in [3.05, 3.63) is 61.6 Å². The van der Waals surface area contributed by atoms with Gasteiger partial charge in [-0.2, -0.15) is 0 Å². The highest BCUT2D eigenvalue weighted by Gasteiger charge is 1.91. The normalized spacial score (nSPS) is 11.2. The standard InChI is InChI=1S/C11H14O/c1-5-8-10(4)12-11(7-3)9-6-2/h5-9H,2-4H2,1H3/b8-5-,11-9+. The van der Waals surface area contributed by atoms with Crippen LogP contribution in [-0.4, -0.2) is 0 Å². The Balaban J connectivity index is 4.21. The average molecular weight is 162 g/mol. The van der Waals surface area contributed by atoms with E-state index in [4.69, 9.17) is 4.74 Å². The van der Waals surface area contributed by atoms with Crippen molar-refractivity contribution < 1.29 is 4.74 Å². The molecule has 0 aliphatic carbocycles. The lowest BCUT2D eigenvalue weighted by Gasteiger charge is -2.03. The van der Waals surface area contributed by atoms with Gasteiger partial charge in [-0.05, 0) is 25.2 Å². The van der Waals surface area contributed by atoms with E-state index in [0.29, 0.717) is 11.5 Å². The molecule has 12 heavy (non-hydrogen) atoms. The van der Waals surface area contributed by atoms with Gasteiger partial charge < -0.3 is 4.74 Å². The molecule has 0 saturated heterocycles. The number of rotatable bonds is 5. The predicted octanol–water partition coefficient (Wildman–Crippen LogP) is 3.35. The van der Waals surface area contributed by atoms with Crippen LogP contribution < -0.4 is 0 Å². The quantitative estimate of drug-likeness (QED) is 0.445. The highest BCUT2D eigenvalue weighted by atomic mass is 16.5. The molecule has 0 heterocycles. The van der Waals surface area contributed by atoms with E-state index in [1.807, 2.05) is 13.0 Å². The molecule has 0 amide bonds. The summed E-state index contributed by atoms with van der Waals surface area (Å²) >= 11 is 0. The summed E-state index contributed by atoms with van der Waals surface area (Å²) in [7, 11) is 0. The molecular formula is C11H14O. The largest absolute Gasteiger partial charge is 0.458 e. The van der Waals surface area contributed by atoms with Gasteiger partial charge in [-0.15, -0.1) is 0 Å². The maximum absolute atomic E-state index is 5.27. The molecule has 0 rings (SSSR count). The summed E-state index contributed by atoms with van der Waals surface area (Å²) in [6.07, 6.45) is 8.61. The smallest absolute Gasteiger partial charge is 0.126 e. The molecule has 0 saturated carbocycles. The van der Waals surface area contributed by atoms with Crippen molar-refractivity contribution in [1.82, 2.24) is 0 Å². The van der Waals surface area contributed by atoms with Gasteiger partial charge in [-0.25, -0.2) is 0 Å². The van der Waals surface area contributed by atoms with Crippen LogP contribution in [0.2, 0.25) is 0 Å². The van der Waals surface area contributed by atoms with E-state index in [9.17, 15) is 0 Å². The SMILES string of the molecule is C=C/C=C(\C=C)OC(=C)/C=C\C. The Labute approximate surface area is 74.1 Å². The summed E-state index contributed by atoms with van der Waals surface area (Å²) < 4.78 is 5.27. The first-order valence-corrected chi connectivity index (χ1v) is 3.69. The minimum absolute atomic E-state index is 0.588. The second-order valence-corrected chi connectivity index (χ2v) is 2.08. The Morgan fingerprint density at radius 3 is 2.42 bits per heavy atom. The maximum Gasteiger partial charge on any atom is 0.126 e. The third-order valence-electron chi connectivity index (χ3n) is 1.08. The van der Waals surface area contributed by atoms with E-state index in [2.05, 4.69) is 19.7 Å². The van der Waals surface area contributed by atoms with Gasteiger partial charge in [0.25, 0.3) is 0 Å². The lowest BCUT2D eigenvalue weighted by Crippen LogP contribution is -1.85. The molecule has 0 aliphatic rings. The summed E-state index contributed by atoms with van der Waals surface area (Å²) in [5.41, 5.74) is 0. The van der Waals surface area contributed by atoms with E-state index in [-0.39, 0.29) is 0 Å². The molecule has 0 unspecified atom stereocenters. The fourth-order valence-corrected chi connectivity index (χ4v) is 0.631. The van der Waals surface area contributed by atoms with Crippen LogP contribution in [0.5, 0.6) is 0 Å². The van der Waals surface area contributed by atoms with Gasteiger partial charge in [0, 0.05) is 0 Å². The molecule has 0 bridgehead atoms. The molecular weight excluding hydrogens is 148 g/mol. The monoisotopic (exact) mass is 162 g/mol. The van der Waals surface area contributed by atoms with Gasteiger partial charge in [0.1, 0.15) is 11.5 Å². The van der Waals surface area contributed by atoms with Crippen molar-refractivity contribution in [3.8, 4) is 0 Å². The van der Waals surface area contributed by atoms with Gasteiger partial charge in [0.2, 0.25) is 0 Å². The van der Waals surface area contributed by atoms with Gasteiger partial charge >= 0.3 is 0 Å². The predicted molar refractivity (Wildman–Crippen MR) is 53.5 cm³/mol. The van der Waals surface area contributed by atoms with Crippen LogP contribution in [0.3, 0.4) is 0 Å². The van der Waals surface area contributed by atoms with Gasteiger partial charge in [0.05, 0.1) is 0 Å². The third-order valence-corrected chi connectivity index (χ3v) is 1.08. The van der Waals surface area contributed by atoms with Crippen molar-refractivity contribution in [2.45, 2.75) is 6.92 Å². The van der Waals surface area contributed by atoms with E-state index in [1.165, 1.54) is 0 Å². The summed E-state index contributed by atoms with van der Waals surface area (Å²) in [6.45, 7) is 12.7. The molecule has 1 heteroatoms. The van der Waals surface area contributed by atoms with Crippen molar-refractivity contribution >= 4 is 0 Å². The molecule has 64 valence electrons. The lowest BCUT2D eigenvalue weighted by molar-refractivity contribution is 0.338. The number of ether oxygens (including phenoxy) is 1. The highest BCUT2D eigenvalue weighted by molar-refractivity contribution is 5.19. The second-order valence-electron chi connectivity index (χ2n) is 2.08. The molecule has 0 aromatic heterocycles.